The normalized spacial score (nSPS) is 25.6. The van der Waals surface area contributed by atoms with Crippen molar-refractivity contribution in [2.24, 2.45) is 11.8 Å². The summed E-state index contributed by atoms with van der Waals surface area (Å²) in [5, 5.41) is 4.21. The Labute approximate surface area is 125 Å². The van der Waals surface area contributed by atoms with Crippen LogP contribution in [0.5, 0.6) is 5.75 Å². The molecule has 2 heterocycles. The molecule has 20 heavy (non-hydrogen) atoms. The highest BCUT2D eigenvalue weighted by atomic mass is 35.5. The van der Waals surface area contributed by atoms with Gasteiger partial charge in [0.05, 0.1) is 0 Å². The fraction of sp³-hybridized carbons (Fsp3) is 0.625. The van der Waals surface area contributed by atoms with Gasteiger partial charge in [-0.3, -0.25) is 0 Å². The summed E-state index contributed by atoms with van der Waals surface area (Å²) in [5.41, 5.74) is 0. The second-order valence-corrected chi connectivity index (χ2v) is 6.18. The zero-order valence-corrected chi connectivity index (χ0v) is 12.4. The quantitative estimate of drug-likeness (QED) is 0.926. The molecular weight excluding hydrogens is 274 g/mol. The minimum absolute atomic E-state index is 0.287. The number of ether oxygens (including phenoxy) is 2. The van der Waals surface area contributed by atoms with E-state index < -0.39 is 0 Å². The van der Waals surface area contributed by atoms with E-state index in [1.807, 2.05) is 24.3 Å². The first-order valence-corrected chi connectivity index (χ1v) is 7.91. The maximum atomic E-state index is 6.34. The van der Waals surface area contributed by atoms with Crippen molar-refractivity contribution in [1.82, 2.24) is 5.32 Å². The molecule has 4 heteroatoms. The number of hydrogen-bond acceptors (Lipinski definition) is 3. The Kier molecular flexibility index (Phi) is 4.81. The summed E-state index contributed by atoms with van der Waals surface area (Å²) >= 11 is 5.94. The molecule has 1 aromatic carbocycles. The van der Waals surface area contributed by atoms with Crippen molar-refractivity contribution >= 4 is 11.6 Å². The third kappa shape index (κ3) is 3.46. The van der Waals surface area contributed by atoms with Gasteiger partial charge >= 0.3 is 0 Å². The first kappa shape index (κ1) is 14.2. The first-order chi connectivity index (χ1) is 9.83. The van der Waals surface area contributed by atoms with Crippen LogP contribution in [0.3, 0.4) is 0 Å². The zero-order valence-electron chi connectivity index (χ0n) is 11.7. The van der Waals surface area contributed by atoms with Gasteiger partial charge in [0.15, 0.2) is 0 Å². The van der Waals surface area contributed by atoms with Crippen LogP contribution in [0, 0.1) is 11.8 Å². The van der Waals surface area contributed by atoms with Gasteiger partial charge in [0, 0.05) is 36.6 Å². The molecular formula is C16H22ClNO2. The highest BCUT2D eigenvalue weighted by Gasteiger charge is 2.34. The topological polar surface area (TPSA) is 30.5 Å². The van der Waals surface area contributed by atoms with E-state index in [4.69, 9.17) is 21.1 Å². The third-order valence-corrected chi connectivity index (χ3v) is 4.63. The molecule has 0 radical (unpaired) electrons. The van der Waals surface area contributed by atoms with Crippen molar-refractivity contribution in [2.75, 3.05) is 26.3 Å². The Morgan fingerprint density at radius 3 is 2.50 bits per heavy atom. The van der Waals surface area contributed by atoms with Gasteiger partial charge in [-0.25, -0.2) is 0 Å². The Morgan fingerprint density at radius 1 is 1.10 bits per heavy atom. The van der Waals surface area contributed by atoms with Gasteiger partial charge in [-0.15, -0.1) is 0 Å². The lowest BCUT2D eigenvalue weighted by molar-refractivity contribution is -0.00133. The van der Waals surface area contributed by atoms with E-state index in [1.165, 1.54) is 6.42 Å². The van der Waals surface area contributed by atoms with E-state index in [1.54, 1.807) is 0 Å². The smallest absolute Gasteiger partial charge is 0.119 e. The summed E-state index contributed by atoms with van der Waals surface area (Å²) in [6.45, 7) is 3.90. The van der Waals surface area contributed by atoms with Crippen LogP contribution < -0.4 is 10.1 Å². The number of hydrogen-bond donors (Lipinski definition) is 1. The highest BCUT2D eigenvalue weighted by Crippen LogP contribution is 2.31. The van der Waals surface area contributed by atoms with E-state index >= 15 is 0 Å². The van der Waals surface area contributed by atoms with Gasteiger partial charge < -0.3 is 14.8 Å². The Hall–Kier alpha value is -0.770. The van der Waals surface area contributed by atoms with Crippen LogP contribution in [0.1, 0.15) is 19.3 Å². The van der Waals surface area contributed by atoms with Crippen molar-refractivity contribution in [3.63, 3.8) is 0 Å². The molecule has 0 amide bonds. The van der Waals surface area contributed by atoms with E-state index in [2.05, 4.69) is 5.32 Å². The average molecular weight is 296 g/mol. The number of rotatable bonds is 4. The fourth-order valence-electron chi connectivity index (χ4n) is 3.25. The number of nitrogens with one attached hydrogen (secondary N) is 1. The molecule has 0 bridgehead atoms. The van der Waals surface area contributed by atoms with Gasteiger partial charge in [0.2, 0.25) is 0 Å². The summed E-state index contributed by atoms with van der Waals surface area (Å²) < 4.78 is 11.8. The third-order valence-electron chi connectivity index (χ3n) is 4.38. The standard InChI is InChI=1S/C16H22ClNO2/c17-14-1-3-15(4-2-14)20-16(13-5-8-18-11-13)12-6-9-19-10-7-12/h1-4,12-13,16,18H,5-11H2/t13-,16-/m1/s1. The van der Waals surface area contributed by atoms with Gasteiger partial charge in [-0.05, 0) is 50.1 Å². The van der Waals surface area contributed by atoms with Crippen molar-refractivity contribution < 1.29 is 9.47 Å². The molecule has 0 spiro atoms. The van der Waals surface area contributed by atoms with Crippen LogP contribution in [0.4, 0.5) is 0 Å². The SMILES string of the molecule is Clc1ccc(O[C@H](C2CCOCC2)[C@@H]2CCNC2)cc1. The van der Waals surface area contributed by atoms with Crippen molar-refractivity contribution in [1.29, 1.82) is 0 Å². The average Bonchev–Trinajstić information content (AvgIpc) is 3.01. The Morgan fingerprint density at radius 2 is 1.85 bits per heavy atom. The maximum absolute atomic E-state index is 6.34. The minimum atomic E-state index is 0.287. The summed E-state index contributed by atoms with van der Waals surface area (Å²) in [4.78, 5) is 0. The Balaban J connectivity index is 1.71. The van der Waals surface area contributed by atoms with E-state index in [9.17, 15) is 0 Å². The summed E-state index contributed by atoms with van der Waals surface area (Å²) in [6, 6.07) is 7.73. The molecule has 2 aliphatic heterocycles. The minimum Gasteiger partial charge on any atom is -0.490 e. The maximum Gasteiger partial charge on any atom is 0.119 e. The lowest BCUT2D eigenvalue weighted by atomic mass is 9.85. The lowest BCUT2D eigenvalue weighted by Crippen LogP contribution is -2.38. The number of benzene rings is 1. The summed E-state index contributed by atoms with van der Waals surface area (Å²) in [7, 11) is 0. The summed E-state index contributed by atoms with van der Waals surface area (Å²) in [6.07, 6.45) is 3.70. The molecule has 1 N–H and O–H groups in total. The molecule has 2 saturated heterocycles. The van der Waals surface area contributed by atoms with Crippen molar-refractivity contribution in [3.05, 3.63) is 29.3 Å². The van der Waals surface area contributed by atoms with Crippen LogP contribution >= 0.6 is 11.6 Å². The van der Waals surface area contributed by atoms with Crippen molar-refractivity contribution in [2.45, 2.75) is 25.4 Å². The number of halogens is 1. The molecule has 110 valence electrons. The van der Waals surface area contributed by atoms with Crippen LogP contribution in [0.15, 0.2) is 24.3 Å². The molecule has 1 aromatic rings. The largest absolute Gasteiger partial charge is 0.490 e. The molecule has 2 aliphatic rings. The van der Waals surface area contributed by atoms with E-state index in [0.717, 1.165) is 49.9 Å². The van der Waals surface area contributed by atoms with Crippen LogP contribution in [-0.2, 0) is 4.74 Å². The van der Waals surface area contributed by atoms with E-state index in [-0.39, 0.29) is 6.10 Å². The second-order valence-electron chi connectivity index (χ2n) is 5.74. The second kappa shape index (κ2) is 6.79. The highest BCUT2D eigenvalue weighted by molar-refractivity contribution is 6.30. The molecule has 0 unspecified atom stereocenters. The van der Waals surface area contributed by atoms with Gasteiger partial charge in [0.1, 0.15) is 11.9 Å². The summed E-state index contributed by atoms with van der Waals surface area (Å²) in [5.74, 6) is 2.14. The Bertz CT molecular complexity index is 411. The predicted octanol–water partition coefficient (Wildman–Crippen LogP) is 3.12. The van der Waals surface area contributed by atoms with E-state index in [0.29, 0.717) is 11.8 Å². The lowest BCUT2D eigenvalue weighted by Gasteiger charge is -2.34. The van der Waals surface area contributed by atoms with Crippen LogP contribution in [0.25, 0.3) is 0 Å². The monoisotopic (exact) mass is 295 g/mol. The van der Waals surface area contributed by atoms with Crippen LogP contribution in [-0.4, -0.2) is 32.4 Å². The van der Waals surface area contributed by atoms with Crippen LogP contribution in [0.2, 0.25) is 5.02 Å². The van der Waals surface area contributed by atoms with Gasteiger partial charge in [-0.2, -0.15) is 0 Å². The predicted molar refractivity (Wildman–Crippen MR) is 80.4 cm³/mol. The molecule has 0 aromatic heterocycles. The molecule has 0 aliphatic carbocycles. The molecule has 3 rings (SSSR count). The van der Waals surface area contributed by atoms with Crippen molar-refractivity contribution in [3.8, 4) is 5.75 Å². The first-order valence-electron chi connectivity index (χ1n) is 7.53. The molecule has 2 fully saturated rings. The molecule has 3 nitrogen and oxygen atoms in total. The van der Waals surface area contributed by atoms with Gasteiger partial charge in [-0.1, -0.05) is 11.6 Å². The molecule has 2 atom stereocenters. The zero-order chi connectivity index (χ0) is 13.8. The fourth-order valence-corrected chi connectivity index (χ4v) is 3.38. The molecule has 0 saturated carbocycles. The van der Waals surface area contributed by atoms with Gasteiger partial charge in [0.25, 0.3) is 0 Å².